The molecule has 1 fully saturated rings. The molecule has 0 bridgehead atoms. The zero-order valence-electron chi connectivity index (χ0n) is 11.3. The molecular weight excluding hydrogens is 258 g/mol. The number of hydrogen-bond donors (Lipinski definition) is 1. The Hall–Kier alpha value is -0.570. The van der Waals surface area contributed by atoms with E-state index in [9.17, 15) is 0 Å². The van der Waals surface area contributed by atoms with Crippen LogP contribution in [0, 0.1) is 0 Å². The molecule has 0 radical (unpaired) electrons. The van der Waals surface area contributed by atoms with Crippen LogP contribution in [0.3, 0.4) is 0 Å². The van der Waals surface area contributed by atoms with E-state index in [-0.39, 0.29) is 6.10 Å². The van der Waals surface area contributed by atoms with Crippen molar-refractivity contribution in [3.63, 3.8) is 0 Å². The van der Waals surface area contributed by atoms with Crippen LogP contribution in [-0.4, -0.2) is 24.6 Å². The van der Waals surface area contributed by atoms with Crippen LogP contribution in [-0.2, 0) is 11.2 Å². The quantitative estimate of drug-likeness (QED) is 0.856. The van der Waals surface area contributed by atoms with Crippen molar-refractivity contribution in [2.24, 2.45) is 0 Å². The molecule has 2 aliphatic rings. The van der Waals surface area contributed by atoms with E-state index in [2.05, 4.69) is 29.6 Å². The lowest BCUT2D eigenvalue weighted by atomic mass is 9.94. The Morgan fingerprint density at radius 1 is 1.16 bits per heavy atom. The first kappa shape index (κ1) is 13.4. The number of rotatable bonds is 3. The van der Waals surface area contributed by atoms with Gasteiger partial charge in [-0.05, 0) is 43.2 Å². The summed E-state index contributed by atoms with van der Waals surface area (Å²) in [6, 6.07) is 9.28. The standard InChI is InChI=1S/C16H22ClNO/c17-13-5-7-14(8-6-13)18-11-16-15-4-2-1-3-12(15)9-10-19-16/h1-4,13-14,16,18H,5-11H2. The second kappa shape index (κ2) is 6.25. The molecule has 1 saturated carbocycles. The van der Waals surface area contributed by atoms with E-state index in [1.54, 1.807) is 0 Å². The Kier molecular flexibility index (Phi) is 4.42. The highest BCUT2D eigenvalue weighted by molar-refractivity contribution is 6.20. The van der Waals surface area contributed by atoms with Crippen LogP contribution in [0.4, 0.5) is 0 Å². The third-order valence-corrected chi connectivity index (χ3v) is 4.78. The second-order valence-corrected chi connectivity index (χ2v) is 6.28. The third kappa shape index (κ3) is 3.31. The summed E-state index contributed by atoms with van der Waals surface area (Å²) in [7, 11) is 0. The van der Waals surface area contributed by atoms with Gasteiger partial charge in [-0.3, -0.25) is 0 Å². The molecule has 2 nitrogen and oxygen atoms in total. The first-order chi connectivity index (χ1) is 9.33. The molecule has 3 heteroatoms. The van der Waals surface area contributed by atoms with E-state index in [1.807, 2.05) is 0 Å². The topological polar surface area (TPSA) is 21.3 Å². The van der Waals surface area contributed by atoms with Gasteiger partial charge in [0.2, 0.25) is 0 Å². The summed E-state index contributed by atoms with van der Waals surface area (Å²) in [5.74, 6) is 0. The summed E-state index contributed by atoms with van der Waals surface area (Å²) >= 11 is 6.15. The van der Waals surface area contributed by atoms with E-state index in [4.69, 9.17) is 16.3 Å². The Morgan fingerprint density at radius 2 is 1.95 bits per heavy atom. The molecule has 1 atom stereocenters. The number of halogens is 1. The first-order valence-electron chi connectivity index (χ1n) is 7.40. The lowest BCUT2D eigenvalue weighted by Gasteiger charge is -2.30. The second-order valence-electron chi connectivity index (χ2n) is 5.67. The molecule has 1 aliphatic carbocycles. The van der Waals surface area contributed by atoms with Gasteiger partial charge in [0.25, 0.3) is 0 Å². The minimum atomic E-state index is 0.221. The fourth-order valence-corrected chi connectivity index (χ4v) is 3.43. The highest BCUT2D eigenvalue weighted by Gasteiger charge is 2.23. The summed E-state index contributed by atoms with van der Waals surface area (Å²) in [5.41, 5.74) is 2.82. The number of ether oxygens (including phenoxy) is 1. The molecule has 0 aromatic heterocycles. The smallest absolute Gasteiger partial charge is 0.0952 e. The van der Waals surface area contributed by atoms with Crippen molar-refractivity contribution in [1.82, 2.24) is 5.32 Å². The average Bonchev–Trinajstić information content (AvgIpc) is 2.47. The number of alkyl halides is 1. The van der Waals surface area contributed by atoms with Gasteiger partial charge in [0.1, 0.15) is 0 Å². The van der Waals surface area contributed by atoms with E-state index in [1.165, 1.54) is 24.0 Å². The molecule has 1 aromatic carbocycles. The fourth-order valence-electron chi connectivity index (χ4n) is 3.18. The lowest BCUT2D eigenvalue weighted by molar-refractivity contribution is 0.0398. The van der Waals surface area contributed by atoms with Crippen LogP contribution in [0.25, 0.3) is 0 Å². The minimum Gasteiger partial charge on any atom is -0.372 e. The summed E-state index contributed by atoms with van der Waals surface area (Å²) in [4.78, 5) is 0. The van der Waals surface area contributed by atoms with Crippen LogP contribution in [0.1, 0.15) is 42.9 Å². The van der Waals surface area contributed by atoms with Crippen molar-refractivity contribution in [3.8, 4) is 0 Å². The van der Waals surface area contributed by atoms with Crippen molar-refractivity contribution >= 4 is 11.6 Å². The van der Waals surface area contributed by atoms with Gasteiger partial charge in [-0.15, -0.1) is 11.6 Å². The molecule has 3 rings (SSSR count). The van der Waals surface area contributed by atoms with Crippen molar-refractivity contribution < 1.29 is 4.74 Å². The largest absolute Gasteiger partial charge is 0.372 e. The number of nitrogens with one attached hydrogen (secondary N) is 1. The Morgan fingerprint density at radius 3 is 2.79 bits per heavy atom. The summed E-state index contributed by atoms with van der Waals surface area (Å²) < 4.78 is 5.93. The van der Waals surface area contributed by atoms with Gasteiger partial charge in [-0.1, -0.05) is 24.3 Å². The molecule has 1 heterocycles. The molecule has 1 unspecified atom stereocenters. The molecule has 0 spiro atoms. The molecule has 104 valence electrons. The van der Waals surface area contributed by atoms with Crippen molar-refractivity contribution in [3.05, 3.63) is 35.4 Å². The number of benzene rings is 1. The van der Waals surface area contributed by atoms with Gasteiger partial charge in [-0.2, -0.15) is 0 Å². The fraction of sp³-hybridized carbons (Fsp3) is 0.625. The van der Waals surface area contributed by atoms with Crippen LogP contribution < -0.4 is 5.32 Å². The predicted octanol–water partition coefficient (Wildman–Crippen LogP) is 3.44. The van der Waals surface area contributed by atoms with E-state index in [0.29, 0.717) is 11.4 Å². The summed E-state index contributed by atoms with van der Waals surface area (Å²) in [5, 5.41) is 4.06. The summed E-state index contributed by atoms with van der Waals surface area (Å²) in [6.07, 6.45) is 5.94. The van der Waals surface area contributed by atoms with Gasteiger partial charge in [0.15, 0.2) is 0 Å². The van der Waals surface area contributed by atoms with Crippen molar-refractivity contribution in [2.75, 3.05) is 13.2 Å². The Labute approximate surface area is 120 Å². The van der Waals surface area contributed by atoms with E-state index in [0.717, 1.165) is 32.4 Å². The molecular formula is C16H22ClNO. The van der Waals surface area contributed by atoms with Crippen molar-refractivity contribution in [1.29, 1.82) is 0 Å². The maximum Gasteiger partial charge on any atom is 0.0952 e. The molecule has 1 aromatic rings. The van der Waals surface area contributed by atoms with E-state index >= 15 is 0 Å². The lowest BCUT2D eigenvalue weighted by Crippen LogP contribution is -2.37. The number of fused-ring (bicyclic) bond motifs is 1. The van der Waals surface area contributed by atoms with E-state index < -0.39 is 0 Å². The zero-order chi connectivity index (χ0) is 13.1. The van der Waals surface area contributed by atoms with Gasteiger partial charge >= 0.3 is 0 Å². The normalized spacial score (nSPS) is 30.9. The molecule has 0 saturated heterocycles. The minimum absolute atomic E-state index is 0.221. The van der Waals surface area contributed by atoms with Crippen LogP contribution in [0.15, 0.2) is 24.3 Å². The predicted molar refractivity (Wildman–Crippen MR) is 78.7 cm³/mol. The maximum atomic E-state index is 6.15. The Bertz CT molecular complexity index is 415. The SMILES string of the molecule is ClC1CCC(NCC2OCCc3ccccc32)CC1. The number of hydrogen-bond acceptors (Lipinski definition) is 2. The average molecular weight is 280 g/mol. The van der Waals surface area contributed by atoms with Gasteiger partial charge in [0.05, 0.1) is 12.7 Å². The molecule has 0 amide bonds. The van der Waals surface area contributed by atoms with Gasteiger partial charge in [0, 0.05) is 18.0 Å². The Balaban J connectivity index is 1.56. The molecule has 1 aliphatic heterocycles. The summed E-state index contributed by atoms with van der Waals surface area (Å²) in [6.45, 7) is 1.77. The van der Waals surface area contributed by atoms with Crippen LogP contribution >= 0.6 is 11.6 Å². The van der Waals surface area contributed by atoms with Crippen LogP contribution in [0.5, 0.6) is 0 Å². The molecule has 19 heavy (non-hydrogen) atoms. The highest BCUT2D eigenvalue weighted by atomic mass is 35.5. The van der Waals surface area contributed by atoms with Gasteiger partial charge in [-0.25, -0.2) is 0 Å². The monoisotopic (exact) mass is 279 g/mol. The zero-order valence-corrected chi connectivity index (χ0v) is 12.0. The van der Waals surface area contributed by atoms with Crippen LogP contribution in [0.2, 0.25) is 0 Å². The first-order valence-corrected chi connectivity index (χ1v) is 7.83. The third-order valence-electron chi connectivity index (χ3n) is 4.34. The maximum absolute atomic E-state index is 6.15. The molecule has 1 N–H and O–H groups in total. The van der Waals surface area contributed by atoms with Crippen molar-refractivity contribution in [2.45, 2.75) is 49.6 Å². The highest BCUT2D eigenvalue weighted by Crippen LogP contribution is 2.27. The van der Waals surface area contributed by atoms with Gasteiger partial charge < -0.3 is 10.1 Å².